The molecular formula is C18H16N2O3. The maximum absolute atomic E-state index is 12.8. The summed E-state index contributed by atoms with van der Waals surface area (Å²) in [5.41, 5.74) is 1.47. The van der Waals surface area contributed by atoms with E-state index in [0.717, 1.165) is 5.56 Å². The molecule has 1 aliphatic heterocycles. The minimum absolute atomic E-state index is 0.118. The molecule has 5 nitrogen and oxygen atoms in total. The fourth-order valence-electron chi connectivity index (χ4n) is 2.52. The maximum Gasteiger partial charge on any atom is 0.355 e. The second kappa shape index (κ2) is 6.44. The molecule has 116 valence electrons. The van der Waals surface area contributed by atoms with Crippen LogP contribution in [0.5, 0.6) is 0 Å². The second-order valence-electron chi connectivity index (χ2n) is 5.03. The average molecular weight is 308 g/mol. The summed E-state index contributed by atoms with van der Waals surface area (Å²) in [6.07, 6.45) is 0. The molecule has 3 rings (SSSR count). The van der Waals surface area contributed by atoms with Crippen molar-refractivity contribution in [3.05, 3.63) is 66.2 Å². The summed E-state index contributed by atoms with van der Waals surface area (Å²) in [5.74, 6) is -1.56. The van der Waals surface area contributed by atoms with Crippen LogP contribution in [0.15, 0.2) is 65.8 Å². The van der Waals surface area contributed by atoms with Crippen LogP contribution in [0.2, 0.25) is 0 Å². The molecule has 2 aromatic carbocycles. The van der Waals surface area contributed by atoms with Crippen molar-refractivity contribution >= 4 is 23.3 Å². The SMILES string of the molecule is CCOC(=O)C1=NN(c2ccccc2)C(=O)[C@@H]1c1ccccc1. The van der Waals surface area contributed by atoms with Gasteiger partial charge in [0.1, 0.15) is 5.92 Å². The van der Waals surface area contributed by atoms with E-state index in [9.17, 15) is 9.59 Å². The molecule has 0 fully saturated rings. The number of para-hydroxylation sites is 1. The minimum Gasteiger partial charge on any atom is -0.461 e. The van der Waals surface area contributed by atoms with Crippen molar-refractivity contribution in [2.45, 2.75) is 12.8 Å². The molecule has 0 saturated carbocycles. The van der Waals surface area contributed by atoms with E-state index in [1.165, 1.54) is 5.01 Å². The fraction of sp³-hybridized carbons (Fsp3) is 0.167. The highest BCUT2D eigenvalue weighted by Crippen LogP contribution is 2.30. The van der Waals surface area contributed by atoms with Gasteiger partial charge in [0.25, 0.3) is 5.91 Å². The Morgan fingerprint density at radius 1 is 1.09 bits per heavy atom. The van der Waals surface area contributed by atoms with E-state index in [-0.39, 0.29) is 18.2 Å². The van der Waals surface area contributed by atoms with Gasteiger partial charge >= 0.3 is 5.97 Å². The summed E-state index contributed by atoms with van der Waals surface area (Å²) >= 11 is 0. The van der Waals surface area contributed by atoms with Gasteiger partial charge in [-0.25, -0.2) is 4.79 Å². The van der Waals surface area contributed by atoms with Crippen molar-refractivity contribution in [3.63, 3.8) is 0 Å². The van der Waals surface area contributed by atoms with Crippen LogP contribution in [-0.4, -0.2) is 24.2 Å². The van der Waals surface area contributed by atoms with Gasteiger partial charge in [-0.05, 0) is 24.6 Å². The molecule has 0 saturated heterocycles. The number of hydrogen-bond donors (Lipinski definition) is 0. The van der Waals surface area contributed by atoms with Crippen molar-refractivity contribution in [2.24, 2.45) is 5.10 Å². The molecule has 0 aliphatic carbocycles. The van der Waals surface area contributed by atoms with Gasteiger partial charge in [0.05, 0.1) is 12.3 Å². The second-order valence-corrected chi connectivity index (χ2v) is 5.03. The van der Waals surface area contributed by atoms with Crippen LogP contribution in [0.4, 0.5) is 5.69 Å². The standard InChI is InChI=1S/C18H16N2O3/c1-2-23-18(22)16-15(13-9-5-3-6-10-13)17(21)20(19-16)14-11-7-4-8-12-14/h3-12,15H,2H2,1H3/t15-/m1/s1. The monoisotopic (exact) mass is 308 g/mol. The number of hydrazone groups is 1. The number of carbonyl (C=O) groups excluding carboxylic acids is 2. The number of amides is 1. The normalized spacial score (nSPS) is 17.1. The highest BCUT2D eigenvalue weighted by Gasteiger charge is 2.41. The number of carbonyl (C=O) groups is 2. The Labute approximate surface area is 134 Å². The van der Waals surface area contributed by atoms with Crippen LogP contribution in [0.25, 0.3) is 0 Å². The first kappa shape index (κ1) is 15.0. The molecule has 1 atom stereocenters. The first-order valence-electron chi connectivity index (χ1n) is 7.42. The van der Waals surface area contributed by atoms with Crippen molar-refractivity contribution in [1.29, 1.82) is 0 Å². The van der Waals surface area contributed by atoms with Gasteiger partial charge in [0.15, 0.2) is 5.71 Å². The molecule has 23 heavy (non-hydrogen) atoms. The van der Waals surface area contributed by atoms with Crippen LogP contribution in [-0.2, 0) is 14.3 Å². The summed E-state index contributed by atoms with van der Waals surface area (Å²) in [6, 6.07) is 18.2. The van der Waals surface area contributed by atoms with Gasteiger partial charge in [-0.3, -0.25) is 4.79 Å². The van der Waals surface area contributed by atoms with Crippen LogP contribution >= 0.6 is 0 Å². The quantitative estimate of drug-likeness (QED) is 0.816. The van der Waals surface area contributed by atoms with Crippen LogP contribution in [0, 0.1) is 0 Å². The molecule has 1 aliphatic rings. The Balaban J connectivity index is 2.03. The summed E-state index contributed by atoms with van der Waals surface area (Å²) in [5, 5.41) is 5.51. The van der Waals surface area contributed by atoms with E-state index in [1.807, 2.05) is 48.5 Å². The van der Waals surface area contributed by atoms with Gasteiger partial charge in [-0.1, -0.05) is 48.5 Å². The Morgan fingerprint density at radius 2 is 1.70 bits per heavy atom. The van der Waals surface area contributed by atoms with Crippen molar-refractivity contribution < 1.29 is 14.3 Å². The number of rotatable bonds is 4. The van der Waals surface area contributed by atoms with Gasteiger partial charge in [0, 0.05) is 0 Å². The lowest BCUT2D eigenvalue weighted by Crippen LogP contribution is -2.28. The lowest BCUT2D eigenvalue weighted by atomic mass is 9.94. The van der Waals surface area contributed by atoms with Gasteiger partial charge in [0.2, 0.25) is 0 Å². The number of nitrogens with zero attached hydrogens (tertiary/aromatic N) is 2. The predicted octanol–water partition coefficient (Wildman–Crippen LogP) is 2.74. The van der Waals surface area contributed by atoms with Crippen molar-refractivity contribution in [1.82, 2.24) is 0 Å². The van der Waals surface area contributed by atoms with Crippen molar-refractivity contribution in [3.8, 4) is 0 Å². The smallest absolute Gasteiger partial charge is 0.355 e. The van der Waals surface area contributed by atoms with Crippen molar-refractivity contribution in [2.75, 3.05) is 11.6 Å². The summed E-state index contributed by atoms with van der Waals surface area (Å²) in [7, 11) is 0. The van der Waals surface area contributed by atoms with E-state index in [4.69, 9.17) is 4.74 Å². The number of esters is 1. The molecule has 0 N–H and O–H groups in total. The first-order valence-corrected chi connectivity index (χ1v) is 7.42. The van der Waals surface area contributed by atoms with Crippen LogP contribution < -0.4 is 5.01 Å². The lowest BCUT2D eigenvalue weighted by molar-refractivity contribution is -0.135. The molecule has 1 amide bonds. The zero-order chi connectivity index (χ0) is 16.2. The Bertz CT molecular complexity index is 741. The maximum atomic E-state index is 12.8. The van der Waals surface area contributed by atoms with Gasteiger partial charge < -0.3 is 4.74 Å². The molecule has 0 radical (unpaired) electrons. The number of ether oxygens (including phenoxy) is 1. The Kier molecular flexibility index (Phi) is 4.19. The number of hydrogen-bond acceptors (Lipinski definition) is 4. The number of anilines is 1. The van der Waals surface area contributed by atoms with E-state index >= 15 is 0 Å². The highest BCUT2D eigenvalue weighted by atomic mass is 16.5. The fourth-order valence-corrected chi connectivity index (χ4v) is 2.52. The largest absolute Gasteiger partial charge is 0.461 e. The van der Waals surface area contributed by atoms with E-state index in [2.05, 4.69) is 5.10 Å². The average Bonchev–Trinajstić information content (AvgIpc) is 2.94. The molecule has 0 aromatic heterocycles. The molecule has 0 unspecified atom stereocenters. The molecule has 5 heteroatoms. The lowest BCUT2D eigenvalue weighted by Gasteiger charge is -2.14. The first-order chi connectivity index (χ1) is 11.2. The Morgan fingerprint density at radius 3 is 2.30 bits per heavy atom. The van der Waals surface area contributed by atoms with E-state index < -0.39 is 11.9 Å². The highest BCUT2D eigenvalue weighted by molar-refractivity contribution is 6.46. The molecule has 0 bridgehead atoms. The molecular weight excluding hydrogens is 292 g/mol. The minimum atomic E-state index is -0.740. The van der Waals surface area contributed by atoms with Gasteiger partial charge in [-0.15, -0.1) is 0 Å². The Hall–Kier alpha value is -2.95. The zero-order valence-corrected chi connectivity index (χ0v) is 12.7. The third kappa shape index (κ3) is 2.85. The summed E-state index contributed by atoms with van der Waals surface area (Å²) in [4.78, 5) is 25.0. The third-order valence-electron chi connectivity index (χ3n) is 3.56. The van der Waals surface area contributed by atoms with E-state index in [1.54, 1.807) is 19.1 Å². The zero-order valence-electron chi connectivity index (χ0n) is 12.7. The number of benzene rings is 2. The van der Waals surface area contributed by atoms with Crippen LogP contribution in [0.1, 0.15) is 18.4 Å². The molecule has 0 spiro atoms. The third-order valence-corrected chi connectivity index (χ3v) is 3.56. The summed E-state index contributed by atoms with van der Waals surface area (Å²) < 4.78 is 5.06. The molecule has 2 aromatic rings. The topological polar surface area (TPSA) is 59.0 Å². The summed E-state index contributed by atoms with van der Waals surface area (Å²) in [6.45, 7) is 1.96. The predicted molar refractivity (Wildman–Crippen MR) is 87.2 cm³/mol. The van der Waals surface area contributed by atoms with E-state index in [0.29, 0.717) is 5.69 Å². The molecule has 1 heterocycles. The van der Waals surface area contributed by atoms with Crippen LogP contribution in [0.3, 0.4) is 0 Å². The van der Waals surface area contributed by atoms with Gasteiger partial charge in [-0.2, -0.15) is 10.1 Å².